The van der Waals surface area contributed by atoms with E-state index in [1.165, 1.54) is 11.5 Å². The fraction of sp³-hybridized carbons (Fsp3) is 0.600. The zero-order chi connectivity index (χ0) is 17.9. The minimum absolute atomic E-state index is 0.00769. The van der Waals surface area contributed by atoms with Gasteiger partial charge in [-0.15, -0.1) is 0 Å². The highest BCUT2D eigenvalue weighted by Crippen LogP contribution is 2.09. The molecule has 0 spiro atoms. The summed E-state index contributed by atoms with van der Waals surface area (Å²) in [5.74, 6) is -0.499. The number of amides is 1. The van der Waals surface area contributed by atoms with E-state index in [1.54, 1.807) is 4.90 Å². The maximum absolute atomic E-state index is 12.5. The minimum Gasteiger partial charge on any atom is -0.384 e. The second-order valence-corrected chi connectivity index (χ2v) is 5.88. The molecule has 1 aromatic heterocycles. The topological polar surface area (TPSA) is 121 Å². The summed E-state index contributed by atoms with van der Waals surface area (Å²) in [5.41, 5.74) is 4.36. The van der Waals surface area contributed by atoms with Gasteiger partial charge in [-0.2, -0.15) is 0 Å². The summed E-state index contributed by atoms with van der Waals surface area (Å²) in [4.78, 5) is 53.3. The molecule has 132 valence electrons. The van der Waals surface area contributed by atoms with Crippen LogP contribution in [0.25, 0.3) is 0 Å². The number of carbonyl (C=O) groups excluding carboxylic acids is 2. The number of nitrogens with zero attached hydrogens (tertiary/aromatic N) is 3. The third-order valence-electron chi connectivity index (χ3n) is 4.15. The molecule has 3 N–H and O–H groups in total. The Bertz CT molecular complexity index is 743. The maximum Gasteiger partial charge on any atom is 0.329 e. The number of hydrogen-bond acceptors (Lipinski definition) is 6. The number of nitrogens with one attached hydrogen (secondary N) is 1. The van der Waals surface area contributed by atoms with Crippen LogP contribution in [0, 0.1) is 0 Å². The van der Waals surface area contributed by atoms with Gasteiger partial charge in [0.1, 0.15) is 11.4 Å². The molecule has 2 rings (SSSR count). The number of rotatable bonds is 5. The fourth-order valence-corrected chi connectivity index (χ4v) is 2.81. The van der Waals surface area contributed by atoms with Crippen LogP contribution in [0.1, 0.15) is 30.6 Å². The van der Waals surface area contributed by atoms with Crippen LogP contribution in [-0.2, 0) is 11.3 Å². The quantitative estimate of drug-likeness (QED) is 0.656. The van der Waals surface area contributed by atoms with Gasteiger partial charge in [0.2, 0.25) is 5.91 Å². The van der Waals surface area contributed by atoms with E-state index in [4.69, 9.17) is 5.73 Å². The summed E-state index contributed by atoms with van der Waals surface area (Å²) in [7, 11) is 0. The first-order chi connectivity index (χ1) is 11.3. The van der Waals surface area contributed by atoms with E-state index in [1.807, 2.05) is 11.8 Å². The number of aromatic amines is 1. The molecule has 0 aromatic carbocycles. The van der Waals surface area contributed by atoms with E-state index in [0.29, 0.717) is 39.1 Å². The third kappa shape index (κ3) is 3.73. The fourth-order valence-electron chi connectivity index (χ4n) is 2.81. The monoisotopic (exact) mass is 337 g/mol. The number of hydrogen-bond donors (Lipinski definition) is 2. The van der Waals surface area contributed by atoms with Gasteiger partial charge in [0.15, 0.2) is 5.78 Å². The van der Waals surface area contributed by atoms with Crippen molar-refractivity contribution in [2.24, 2.45) is 0 Å². The highest BCUT2D eigenvalue weighted by atomic mass is 16.2. The molecule has 0 unspecified atom stereocenters. The average molecular weight is 337 g/mol. The normalized spacial score (nSPS) is 15.5. The number of nitrogens with two attached hydrogens (primary N) is 1. The average Bonchev–Trinajstić information content (AvgIpc) is 2.51. The standard InChI is InChI=1S/C15H23N5O4/c1-3-4-20-13(16)12(14(23)17-15(20)24)11(22)9-18-5-7-19(8-6-18)10(2)21/h3-9,16H2,1-2H3,(H,17,23,24). The lowest BCUT2D eigenvalue weighted by Gasteiger charge is -2.33. The Balaban J connectivity index is 2.16. The SMILES string of the molecule is CCCn1c(N)c(C(=O)CN2CCN(C(C)=O)CC2)c(=O)[nH]c1=O. The van der Waals surface area contributed by atoms with E-state index in [-0.39, 0.29) is 23.8 Å². The van der Waals surface area contributed by atoms with E-state index in [2.05, 4.69) is 4.98 Å². The molecule has 1 saturated heterocycles. The summed E-state index contributed by atoms with van der Waals surface area (Å²) in [5, 5.41) is 0. The van der Waals surface area contributed by atoms with Crippen molar-refractivity contribution in [2.75, 3.05) is 38.5 Å². The molecule has 1 amide bonds. The Morgan fingerprint density at radius 1 is 1.17 bits per heavy atom. The molecule has 0 saturated carbocycles. The van der Waals surface area contributed by atoms with Crippen molar-refractivity contribution in [3.8, 4) is 0 Å². The summed E-state index contributed by atoms with van der Waals surface area (Å²) in [6.07, 6.45) is 0.650. The molecule has 9 heteroatoms. The number of carbonyl (C=O) groups is 2. The molecule has 0 aliphatic carbocycles. The summed E-state index contributed by atoms with van der Waals surface area (Å²) >= 11 is 0. The second kappa shape index (κ2) is 7.43. The van der Waals surface area contributed by atoms with E-state index >= 15 is 0 Å². The maximum atomic E-state index is 12.5. The molecule has 1 aliphatic heterocycles. The number of nitrogen functional groups attached to an aromatic ring is 1. The minimum atomic E-state index is -0.753. The molecule has 0 atom stereocenters. The summed E-state index contributed by atoms with van der Waals surface area (Å²) < 4.78 is 1.21. The predicted octanol–water partition coefficient (Wildman–Crippen LogP) is -1.12. The van der Waals surface area contributed by atoms with Gasteiger partial charge < -0.3 is 10.6 Å². The summed E-state index contributed by atoms with van der Waals surface area (Å²) in [6.45, 7) is 5.94. The largest absolute Gasteiger partial charge is 0.384 e. The number of piperazine rings is 1. The van der Waals surface area contributed by atoms with Crippen molar-refractivity contribution in [2.45, 2.75) is 26.8 Å². The van der Waals surface area contributed by atoms with E-state index < -0.39 is 17.0 Å². The van der Waals surface area contributed by atoms with E-state index in [9.17, 15) is 19.2 Å². The number of Topliss-reactive ketones (excluding diaryl/α,β-unsaturated/α-hetero) is 1. The van der Waals surface area contributed by atoms with Crippen LogP contribution in [0.4, 0.5) is 5.82 Å². The molecular weight excluding hydrogens is 314 g/mol. The van der Waals surface area contributed by atoms with Gasteiger partial charge in [-0.05, 0) is 6.42 Å². The van der Waals surface area contributed by atoms with Crippen LogP contribution in [-0.4, -0.2) is 63.8 Å². The molecular formula is C15H23N5O4. The zero-order valence-electron chi connectivity index (χ0n) is 14.0. The molecule has 1 aromatic rings. The van der Waals surface area contributed by atoms with Gasteiger partial charge in [0.25, 0.3) is 5.56 Å². The first-order valence-electron chi connectivity index (χ1n) is 7.98. The Morgan fingerprint density at radius 2 is 1.79 bits per heavy atom. The van der Waals surface area contributed by atoms with Crippen molar-refractivity contribution in [3.05, 3.63) is 26.4 Å². The number of anilines is 1. The van der Waals surface area contributed by atoms with Crippen LogP contribution < -0.4 is 17.0 Å². The number of H-pyrrole nitrogens is 1. The van der Waals surface area contributed by atoms with Crippen LogP contribution in [0.3, 0.4) is 0 Å². The molecule has 0 radical (unpaired) electrons. The number of aromatic nitrogens is 2. The first kappa shape index (κ1) is 17.9. The van der Waals surface area contributed by atoms with Crippen molar-refractivity contribution >= 4 is 17.5 Å². The molecule has 9 nitrogen and oxygen atoms in total. The van der Waals surface area contributed by atoms with Gasteiger partial charge in [-0.1, -0.05) is 6.92 Å². The third-order valence-corrected chi connectivity index (χ3v) is 4.15. The highest BCUT2D eigenvalue weighted by molar-refractivity contribution is 6.01. The summed E-state index contributed by atoms with van der Waals surface area (Å²) in [6, 6.07) is 0. The lowest BCUT2D eigenvalue weighted by molar-refractivity contribution is -0.130. The zero-order valence-corrected chi connectivity index (χ0v) is 14.0. The Labute approximate surface area is 139 Å². The molecule has 2 heterocycles. The lowest BCUT2D eigenvalue weighted by atomic mass is 10.1. The lowest BCUT2D eigenvalue weighted by Crippen LogP contribution is -2.49. The van der Waals surface area contributed by atoms with Crippen LogP contribution in [0.2, 0.25) is 0 Å². The van der Waals surface area contributed by atoms with Crippen LogP contribution in [0.5, 0.6) is 0 Å². The van der Waals surface area contributed by atoms with Crippen molar-refractivity contribution in [1.29, 1.82) is 0 Å². The number of ketones is 1. The van der Waals surface area contributed by atoms with Crippen molar-refractivity contribution < 1.29 is 9.59 Å². The first-order valence-corrected chi connectivity index (χ1v) is 7.98. The smallest absolute Gasteiger partial charge is 0.329 e. The molecule has 0 bridgehead atoms. The Hall–Kier alpha value is -2.42. The van der Waals surface area contributed by atoms with Crippen molar-refractivity contribution in [3.63, 3.8) is 0 Å². The van der Waals surface area contributed by atoms with Gasteiger partial charge >= 0.3 is 5.69 Å². The second-order valence-electron chi connectivity index (χ2n) is 5.88. The predicted molar refractivity (Wildman–Crippen MR) is 89.1 cm³/mol. The molecule has 24 heavy (non-hydrogen) atoms. The van der Waals surface area contributed by atoms with Gasteiger partial charge in [0.05, 0.1) is 6.54 Å². The van der Waals surface area contributed by atoms with Crippen LogP contribution >= 0.6 is 0 Å². The molecule has 1 fully saturated rings. The van der Waals surface area contributed by atoms with Gasteiger partial charge in [-0.25, -0.2) is 4.79 Å². The Morgan fingerprint density at radius 3 is 2.33 bits per heavy atom. The van der Waals surface area contributed by atoms with Gasteiger partial charge in [-0.3, -0.25) is 28.8 Å². The van der Waals surface area contributed by atoms with Crippen molar-refractivity contribution in [1.82, 2.24) is 19.4 Å². The molecule has 1 aliphatic rings. The van der Waals surface area contributed by atoms with Crippen LogP contribution in [0.15, 0.2) is 9.59 Å². The highest BCUT2D eigenvalue weighted by Gasteiger charge is 2.24. The van der Waals surface area contributed by atoms with Gasteiger partial charge in [0, 0.05) is 39.6 Å². The van der Waals surface area contributed by atoms with E-state index in [0.717, 1.165) is 0 Å². The Kier molecular flexibility index (Phi) is 5.55.